The van der Waals surface area contributed by atoms with Crippen molar-refractivity contribution >= 4 is 23.7 Å². The minimum atomic E-state index is -4.20. The Hall–Kier alpha value is -3.22. The second-order valence-corrected chi connectivity index (χ2v) is 12.5. The minimum absolute atomic E-state index is 0.0613. The van der Waals surface area contributed by atoms with Crippen LogP contribution in [0.2, 0.25) is 0 Å². The summed E-state index contributed by atoms with van der Waals surface area (Å²) in [6.07, 6.45) is 4.38. The summed E-state index contributed by atoms with van der Waals surface area (Å²) < 4.78 is 51.6. The van der Waals surface area contributed by atoms with Gasteiger partial charge in [0.15, 0.2) is 5.82 Å². The molecule has 1 amide bonds. The first-order chi connectivity index (χ1) is 19.0. The van der Waals surface area contributed by atoms with E-state index in [1.807, 2.05) is 10.9 Å². The Kier molecular flexibility index (Phi) is 6.75. The van der Waals surface area contributed by atoms with E-state index in [4.69, 9.17) is 9.72 Å². The van der Waals surface area contributed by atoms with Crippen molar-refractivity contribution in [1.82, 2.24) is 29.3 Å². The molecule has 214 valence electrons. The third kappa shape index (κ3) is 5.27. The monoisotopic (exact) mass is 575 g/mol. The SMILES string of the molecule is CC1(C)CC2CCCn3cc(cn3)SNC(=O)c3ccc(-n4ccc(OCCC5(C(F)(F)F)CC5)n4)nc3N1C2. The summed E-state index contributed by atoms with van der Waals surface area (Å²) in [4.78, 5) is 21.3. The third-order valence-electron chi connectivity index (χ3n) is 8.28. The topological polar surface area (TPSA) is 90.1 Å². The van der Waals surface area contributed by atoms with Crippen LogP contribution in [0.1, 0.15) is 62.7 Å². The second-order valence-electron chi connectivity index (χ2n) is 11.6. The van der Waals surface area contributed by atoms with E-state index in [0.29, 0.717) is 23.1 Å². The summed E-state index contributed by atoms with van der Waals surface area (Å²) in [6, 6.07) is 5.07. The Labute approximate surface area is 234 Å². The molecule has 1 atom stereocenters. The molecule has 1 N–H and O–H groups in total. The van der Waals surface area contributed by atoms with E-state index < -0.39 is 11.6 Å². The predicted molar refractivity (Wildman–Crippen MR) is 144 cm³/mol. The van der Waals surface area contributed by atoms with E-state index in [1.165, 1.54) is 16.6 Å². The number of hydrogen-bond donors (Lipinski definition) is 1. The molecule has 3 aliphatic rings. The predicted octanol–water partition coefficient (Wildman–Crippen LogP) is 5.41. The number of alkyl halides is 3. The first-order valence-electron chi connectivity index (χ1n) is 13.6. The first-order valence-corrected chi connectivity index (χ1v) is 14.4. The molecule has 0 radical (unpaired) electrons. The highest BCUT2D eigenvalue weighted by Crippen LogP contribution is 2.59. The Morgan fingerprint density at radius 3 is 2.83 bits per heavy atom. The summed E-state index contributed by atoms with van der Waals surface area (Å²) in [7, 11) is 0. The van der Waals surface area contributed by atoms with Crippen molar-refractivity contribution in [3.63, 3.8) is 0 Å². The summed E-state index contributed by atoms with van der Waals surface area (Å²) in [6.45, 7) is 5.88. The maximum absolute atomic E-state index is 13.4. The van der Waals surface area contributed by atoms with Gasteiger partial charge in [0.2, 0.25) is 5.88 Å². The zero-order valence-electron chi connectivity index (χ0n) is 22.4. The molecule has 4 bridgehead atoms. The second kappa shape index (κ2) is 10.0. The van der Waals surface area contributed by atoms with Gasteiger partial charge in [0.1, 0.15) is 5.82 Å². The summed E-state index contributed by atoms with van der Waals surface area (Å²) in [5.41, 5.74) is -1.37. The standard InChI is InChI=1S/C27H32F3N7O2S/c1-25(2)14-18-4-3-11-35-17-19(15-31-35)40-34-24(38)20-5-6-21(32-23(20)36(25)16-18)37-12-7-22(33-37)39-13-10-26(8-9-26)27(28,29)30/h5-7,12,15,17-18H,3-4,8-11,13-14,16H2,1-2H3,(H,34,38). The largest absolute Gasteiger partial charge is 0.477 e. The van der Waals surface area contributed by atoms with Crippen LogP contribution in [0.3, 0.4) is 0 Å². The number of aryl methyl sites for hydroxylation is 1. The van der Waals surface area contributed by atoms with Gasteiger partial charge < -0.3 is 9.64 Å². The minimum Gasteiger partial charge on any atom is -0.477 e. The molecule has 0 aromatic carbocycles. The fourth-order valence-corrected chi connectivity index (χ4v) is 6.41. The number of nitrogens with one attached hydrogen (secondary N) is 1. The number of pyridine rings is 1. The van der Waals surface area contributed by atoms with Crippen LogP contribution in [-0.2, 0) is 6.54 Å². The molecular weight excluding hydrogens is 543 g/mol. The van der Waals surface area contributed by atoms with Crippen LogP contribution >= 0.6 is 11.9 Å². The molecule has 2 aliphatic heterocycles. The number of amides is 1. The van der Waals surface area contributed by atoms with Gasteiger partial charge in [-0.1, -0.05) is 0 Å². The molecule has 3 aromatic heterocycles. The van der Waals surface area contributed by atoms with Crippen molar-refractivity contribution in [3.8, 4) is 11.7 Å². The highest BCUT2D eigenvalue weighted by Gasteiger charge is 2.62. The summed E-state index contributed by atoms with van der Waals surface area (Å²) in [5, 5.41) is 8.81. The number of carbonyl (C=O) groups is 1. The Morgan fingerprint density at radius 2 is 2.05 bits per heavy atom. The molecule has 0 spiro atoms. The fourth-order valence-electron chi connectivity index (χ4n) is 5.81. The van der Waals surface area contributed by atoms with Crippen molar-refractivity contribution in [1.29, 1.82) is 0 Å². The first kappa shape index (κ1) is 27.0. The molecule has 1 aliphatic carbocycles. The lowest BCUT2D eigenvalue weighted by atomic mass is 9.93. The quantitative estimate of drug-likeness (QED) is 0.407. The van der Waals surface area contributed by atoms with Crippen LogP contribution in [0, 0.1) is 11.3 Å². The van der Waals surface area contributed by atoms with E-state index in [1.54, 1.807) is 30.6 Å². The number of nitrogens with zero attached hydrogens (tertiary/aromatic N) is 6. The van der Waals surface area contributed by atoms with E-state index in [2.05, 4.69) is 33.7 Å². The number of aromatic nitrogens is 5. The Morgan fingerprint density at radius 1 is 1.23 bits per heavy atom. The lowest BCUT2D eigenvalue weighted by Crippen LogP contribution is -2.40. The average molecular weight is 576 g/mol. The summed E-state index contributed by atoms with van der Waals surface area (Å²) >= 11 is 1.22. The van der Waals surface area contributed by atoms with Gasteiger partial charge in [-0.05, 0) is 82.4 Å². The average Bonchev–Trinajstić information content (AvgIpc) is 3.20. The van der Waals surface area contributed by atoms with Gasteiger partial charge in [0.05, 0.1) is 28.7 Å². The molecule has 40 heavy (non-hydrogen) atoms. The van der Waals surface area contributed by atoms with Gasteiger partial charge in [0.25, 0.3) is 5.91 Å². The van der Waals surface area contributed by atoms with Crippen LogP contribution < -0.4 is 14.4 Å². The molecule has 1 saturated carbocycles. The molecule has 9 nitrogen and oxygen atoms in total. The highest BCUT2D eigenvalue weighted by molar-refractivity contribution is 7.98. The van der Waals surface area contributed by atoms with Crippen molar-refractivity contribution < 1.29 is 22.7 Å². The molecule has 2 fully saturated rings. The van der Waals surface area contributed by atoms with Gasteiger partial charge >= 0.3 is 6.18 Å². The van der Waals surface area contributed by atoms with Crippen molar-refractivity contribution in [2.75, 3.05) is 18.1 Å². The lowest BCUT2D eigenvalue weighted by molar-refractivity contribution is -0.190. The number of hydrogen-bond acceptors (Lipinski definition) is 7. The summed E-state index contributed by atoms with van der Waals surface area (Å²) in [5.74, 6) is 1.49. The fraction of sp³-hybridized carbons (Fsp3) is 0.556. The zero-order chi connectivity index (χ0) is 28.1. The molecule has 1 unspecified atom stereocenters. The van der Waals surface area contributed by atoms with Gasteiger partial charge in [-0.3, -0.25) is 14.2 Å². The number of anilines is 1. The van der Waals surface area contributed by atoms with Crippen molar-refractivity contribution in [3.05, 3.63) is 42.4 Å². The van der Waals surface area contributed by atoms with Crippen LogP contribution in [-0.4, -0.2) is 55.3 Å². The van der Waals surface area contributed by atoms with Crippen LogP contribution in [0.5, 0.6) is 5.88 Å². The van der Waals surface area contributed by atoms with Crippen LogP contribution in [0.4, 0.5) is 19.0 Å². The lowest BCUT2D eigenvalue weighted by Gasteiger charge is -2.34. The molecule has 3 aromatic rings. The molecular formula is C27H32F3N7O2S. The molecule has 13 heteroatoms. The number of ether oxygens (including phenoxy) is 1. The maximum Gasteiger partial charge on any atom is 0.394 e. The number of fused-ring (bicyclic) bond motifs is 6. The smallest absolute Gasteiger partial charge is 0.394 e. The Balaban J connectivity index is 1.25. The van der Waals surface area contributed by atoms with Gasteiger partial charge in [-0.2, -0.15) is 18.3 Å². The van der Waals surface area contributed by atoms with E-state index in [-0.39, 0.29) is 43.2 Å². The Bertz CT molecular complexity index is 1400. The highest BCUT2D eigenvalue weighted by atomic mass is 32.2. The van der Waals surface area contributed by atoms with Gasteiger partial charge in [-0.15, -0.1) is 5.10 Å². The molecule has 1 saturated heterocycles. The van der Waals surface area contributed by atoms with E-state index in [9.17, 15) is 18.0 Å². The third-order valence-corrected chi connectivity index (χ3v) is 9.01. The number of halogens is 3. The van der Waals surface area contributed by atoms with Crippen LogP contribution in [0.25, 0.3) is 5.82 Å². The number of rotatable bonds is 5. The zero-order valence-corrected chi connectivity index (χ0v) is 23.3. The van der Waals surface area contributed by atoms with Gasteiger partial charge in [0, 0.05) is 37.1 Å². The van der Waals surface area contributed by atoms with Gasteiger partial charge in [-0.25, -0.2) is 9.67 Å². The van der Waals surface area contributed by atoms with Crippen molar-refractivity contribution in [2.24, 2.45) is 11.3 Å². The number of carbonyl (C=O) groups excluding carboxylic acids is 1. The molecule has 6 rings (SSSR count). The van der Waals surface area contributed by atoms with E-state index in [0.717, 1.165) is 37.2 Å². The normalized spacial score (nSPS) is 21.9. The maximum atomic E-state index is 13.4. The van der Waals surface area contributed by atoms with E-state index >= 15 is 0 Å². The van der Waals surface area contributed by atoms with Crippen molar-refractivity contribution in [2.45, 2.75) is 75.5 Å². The van der Waals surface area contributed by atoms with Crippen LogP contribution in [0.15, 0.2) is 41.7 Å². The molecule has 5 heterocycles.